The van der Waals surface area contributed by atoms with Gasteiger partial charge in [-0.05, 0) is 61.9 Å². The molecule has 0 aliphatic carbocycles. The van der Waals surface area contributed by atoms with Crippen molar-refractivity contribution in [3.63, 3.8) is 0 Å². The zero-order valence-electron chi connectivity index (χ0n) is 12.6. The topological polar surface area (TPSA) is 38.3 Å². The largest absolute Gasteiger partial charge is 0.494 e. The molecule has 0 aliphatic rings. The summed E-state index contributed by atoms with van der Waals surface area (Å²) in [5.41, 5.74) is 2.56. The standard InChI is InChI=1S/C18H18ClNO2/c1-3-22-16-7-4-14(5-8-16)18(21)10-11-20-17-9-6-15(19)12-13(17)2/h4-12,20H,3H2,1-2H3/b11-10+. The SMILES string of the molecule is CCOc1ccc(C(=O)/C=C/Nc2ccc(Cl)cc2C)cc1. The molecule has 0 saturated carbocycles. The molecule has 2 rings (SSSR count). The minimum absolute atomic E-state index is 0.0674. The molecule has 0 aromatic heterocycles. The van der Waals surface area contributed by atoms with Crippen LogP contribution in [0, 0.1) is 6.92 Å². The van der Waals surface area contributed by atoms with Gasteiger partial charge in [-0.1, -0.05) is 11.6 Å². The lowest BCUT2D eigenvalue weighted by atomic mass is 10.1. The second-order valence-corrected chi connectivity index (χ2v) is 5.19. The molecule has 114 valence electrons. The number of benzene rings is 2. The summed E-state index contributed by atoms with van der Waals surface area (Å²) in [7, 11) is 0. The summed E-state index contributed by atoms with van der Waals surface area (Å²) in [4.78, 5) is 12.1. The maximum absolute atomic E-state index is 12.1. The number of ether oxygens (including phenoxy) is 1. The highest BCUT2D eigenvalue weighted by Crippen LogP contribution is 2.19. The molecule has 0 spiro atoms. The van der Waals surface area contributed by atoms with Crippen LogP contribution in [0.4, 0.5) is 5.69 Å². The van der Waals surface area contributed by atoms with E-state index in [1.807, 2.05) is 26.0 Å². The van der Waals surface area contributed by atoms with Gasteiger partial charge in [-0.25, -0.2) is 0 Å². The minimum Gasteiger partial charge on any atom is -0.494 e. The molecule has 0 bridgehead atoms. The van der Waals surface area contributed by atoms with Crippen LogP contribution < -0.4 is 10.1 Å². The molecule has 0 fully saturated rings. The summed E-state index contributed by atoms with van der Waals surface area (Å²) in [5.74, 6) is 0.695. The first kappa shape index (κ1) is 16.1. The molecule has 0 heterocycles. The number of ketones is 1. The lowest BCUT2D eigenvalue weighted by Gasteiger charge is -2.05. The van der Waals surface area contributed by atoms with E-state index in [4.69, 9.17) is 16.3 Å². The Hall–Kier alpha value is -2.26. The molecule has 1 N–H and O–H groups in total. The normalized spacial score (nSPS) is 10.7. The molecule has 2 aromatic rings. The van der Waals surface area contributed by atoms with Crippen molar-refractivity contribution in [3.8, 4) is 5.75 Å². The van der Waals surface area contributed by atoms with E-state index in [0.717, 1.165) is 17.0 Å². The van der Waals surface area contributed by atoms with Gasteiger partial charge < -0.3 is 10.1 Å². The third kappa shape index (κ3) is 4.37. The highest BCUT2D eigenvalue weighted by molar-refractivity contribution is 6.30. The summed E-state index contributed by atoms with van der Waals surface area (Å²) >= 11 is 5.91. The Kier molecular flexibility index (Phi) is 5.61. The van der Waals surface area contributed by atoms with E-state index in [9.17, 15) is 4.79 Å². The maximum atomic E-state index is 12.1. The highest BCUT2D eigenvalue weighted by Gasteiger charge is 2.02. The lowest BCUT2D eigenvalue weighted by Crippen LogP contribution is -1.98. The van der Waals surface area contributed by atoms with Crippen LogP contribution >= 0.6 is 11.6 Å². The van der Waals surface area contributed by atoms with Crippen molar-refractivity contribution in [2.24, 2.45) is 0 Å². The van der Waals surface area contributed by atoms with Gasteiger partial charge >= 0.3 is 0 Å². The monoisotopic (exact) mass is 315 g/mol. The zero-order chi connectivity index (χ0) is 15.9. The number of anilines is 1. The van der Waals surface area contributed by atoms with Crippen LogP contribution in [-0.2, 0) is 0 Å². The molecular formula is C18H18ClNO2. The van der Waals surface area contributed by atoms with Gasteiger partial charge in [0.25, 0.3) is 0 Å². The number of hydrogen-bond acceptors (Lipinski definition) is 3. The number of rotatable bonds is 6. The van der Waals surface area contributed by atoms with Crippen LogP contribution in [-0.4, -0.2) is 12.4 Å². The molecule has 4 heteroatoms. The van der Waals surface area contributed by atoms with E-state index in [0.29, 0.717) is 17.2 Å². The van der Waals surface area contributed by atoms with Gasteiger partial charge in [0.05, 0.1) is 6.61 Å². The average molecular weight is 316 g/mol. The van der Waals surface area contributed by atoms with E-state index in [1.165, 1.54) is 6.08 Å². The Balaban J connectivity index is 1.98. The number of hydrogen-bond donors (Lipinski definition) is 1. The third-order valence-electron chi connectivity index (χ3n) is 3.11. The number of halogens is 1. The van der Waals surface area contributed by atoms with Crippen LogP contribution in [0.5, 0.6) is 5.75 Å². The lowest BCUT2D eigenvalue weighted by molar-refractivity contribution is 0.104. The van der Waals surface area contributed by atoms with Crippen LogP contribution in [0.15, 0.2) is 54.7 Å². The summed E-state index contributed by atoms with van der Waals surface area (Å²) in [5, 5.41) is 3.78. The summed E-state index contributed by atoms with van der Waals surface area (Å²) in [6.07, 6.45) is 3.14. The second-order valence-electron chi connectivity index (χ2n) is 4.76. The quantitative estimate of drug-likeness (QED) is 0.611. The first-order valence-electron chi connectivity index (χ1n) is 7.06. The van der Waals surface area contributed by atoms with Crippen LogP contribution in [0.25, 0.3) is 0 Å². The number of allylic oxidation sites excluding steroid dienone is 1. The van der Waals surface area contributed by atoms with E-state index < -0.39 is 0 Å². The summed E-state index contributed by atoms with van der Waals surface area (Å²) in [6, 6.07) is 12.6. The van der Waals surface area contributed by atoms with Crippen molar-refractivity contribution in [1.82, 2.24) is 0 Å². The van der Waals surface area contributed by atoms with Crippen molar-refractivity contribution in [2.75, 3.05) is 11.9 Å². The molecule has 2 aromatic carbocycles. The second kappa shape index (κ2) is 7.66. The van der Waals surface area contributed by atoms with Gasteiger partial charge in [0.15, 0.2) is 5.78 Å². The molecular weight excluding hydrogens is 298 g/mol. The van der Waals surface area contributed by atoms with E-state index in [2.05, 4.69) is 5.32 Å². The molecule has 0 unspecified atom stereocenters. The molecule has 22 heavy (non-hydrogen) atoms. The Bertz CT molecular complexity index is 678. The smallest absolute Gasteiger partial charge is 0.187 e. The van der Waals surface area contributed by atoms with Crippen molar-refractivity contribution in [3.05, 3.63) is 70.9 Å². The Labute approximate surface area is 135 Å². The van der Waals surface area contributed by atoms with Crippen LogP contribution in [0.1, 0.15) is 22.8 Å². The Morgan fingerprint density at radius 2 is 1.95 bits per heavy atom. The molecule has 3 nitrogen and oxygen atoms in total. The fourth-order valence-corrected chi connectivity index (χ4v) is 2.20. The highest BCUT2D eigenvalue weighted by atomic mass is 35.5. The molecule has 0 radical (unpaired) electrons. The number of aryl methyl sites for hydroxylation is 1. The molecule has 0 aliphatic heterocycles. The third-order valence-corrected chi connectivity index (χ3v) is 3.35. The van der Waals surface area contributed by atoms with Gasteiger partial charge in [0, 0.05) is 28.5 Å². The zero-order valence-corrected chi connectivity index (χ0v) is 13.4. The van der Waals surface area contributed by atoms with Crippen molar-refractivity contribution in [2.45, 2.75) is 13.8 Å². The number of nitrogens with one attached hydrogen (secondary N) is 1. The first-order chi connectivity index (χ1) is 10.6. The van der Waals surface area contributed by atoms with E-state index in [-0.39, 0.29) is 5.78 Å². The fourth-order valence-electron chi connectivity index (χ4n) is 1.97. The molecule has 0 atom stereocenters. The number of carbonyl (C=O) groups is 1. The minimum atomic E-state index is -0.0674. The first-order valence-corrected chi connectivity index (χ1v) is 7.44. The van der Waals surface area contributed by atoms with Crippen LogP contribution in [0.3, 0.4) is 0 Å². The molecule has 0 saturated heterocycles. The Morgan fingerprint density at radius 3 is 2.59 bits per heavy atom. The fraction of sp³-hybridized carbons (Fsp3) is 0.167. The van der Waals surface area contributed by atoms with Gasteiger partial charge in [-0.3, -0.25) is 4.79 Å². The predicted molar refractivity (Wildman–Crippen MR) is 90.9 cm³/mol. The Morgan fingerprint density at radius 1 is 1.23 bits per heavy atom. The number of carbonyl (C=O) groups excluding carboxylic acids is 1. The van der Waals surface area contributed by atoms with Gasteiger partial charge in [-0.2, -0.15) is 0 Å². The van der Waals surface area contributed by atoms with Crippen LogP contribution in [0.2, 0.25) is 5.02 Å². The van der Waals surface area contributed by atoms with Crippen molar-refractivity contribution < 1.29 is 9.53 Å². The maximum Gasteiger partial charge on any atom is 0.187 e. The predicted octanol–water partition coefficient (Wildman–Crippen LogP) is 4.86. The van der Waals surface area contributed by atoms with Gasteiger partial charge in [0.2, 0.25) is 0 Å². The molecule has 0 amide bonds. The summed E-state index contributed by atoms with van der Waals surface area (Å²) < 4.78 is 5.35. The summed E-state index contributed by atoms with van der Waals surface area (Å²) in [6.45, 7) is 4.49. The average Bonchev–Trinajstić information content (AvgIpc) is 2.50. The van der Waals surface area contributed by atoms with E-state index in [1.54, 1.807) is 36.5 Å². The van der Waals surface area contributed by atoms with E-state index >= 15 is 0 Å². The van der Waals surface area contributed by atoms with Crippen molar-refractivity contribution >= 4 is 23.1 Å². The van der Waals surface area contributed by atoms with Gasteiger partial charge in [0.1, 0.15) is 5.75 Å². The van der Waals surface area contributed by atoms with Crippen molar-refractivity contribution in [1.29, 1.82) is 0 Å². The van der Waals surface area contributed by atoms with Gasteiger partial charge in [-0.15, -0.1) is 0 Å².